The van der Waals surface area contributed by atoms with Gasteiger partial charge in [0, 0.05) is 19.2 Å². The van der Waals surface area contributed by atoms with Crippen molar-refractivity contribution >= 4 is 11.6 Å². The van der Waals surface area contributed by atoms with Gasteiger partial charge >= 0.3 is 0 Å². The van der Waals surface area contributed by atoms with Crippen LogP contribution in [0.5, 0.6) is 5.75 Å². The average molecular weight is 284 g/mol. The van der Waals surface area contributed by atoms with Gasteiger partial charge in [0.2, 0.25) is 0 Å². The van der Waals surface area contributed by atoms with E-state index in [0.29, 0.717) is 29.3 Å². The van der Waals surface area contributed by atoms with Crippen molar-refractivity contribution in [3.8, 4) is 5.75 Å². The number of aliphatic hydroxyl groups excluding tert-OH is 1. The van der Waals surface area contributed by atoms with Gasteiger partial charge in [-0.3, -0.25) is 0 Å². The van der Waals surface area contributed by atoms with E-state index in [9.17, 15) is 0 Å². The third-order valence-electron chi connectivity index (χ3n) is 3.92. The molecule has 0 aromatic heterocycles. The lowest BCUT2D eigenvalue weighted by Crippen LogP contribution is -2.33. The summed E-state index contributed by atoms with van der Waals surface area (Å²) in [4.78, 5) is 0. The quantitative estimate of drug-likeness (QED) is 0.873. The number of halogens is 1. The summed E-state index contributed by atoms with van der Waals surface area (Å²) in [6, 6.07) is 6.45. The number of benzene rings is 1. The Hall–Kier alpha value is -0.770. The molecule has 106 valence electrons. The number of hydrogen-bond acceptors (Lipinski definition) is 3. The highest BCUT2D eigenvalue weighted by Gasteiger charge is 2.19. The molecule has 0 saturated heterocycles. The molecule has 1 aliphatic carbocycles. The van der Waals surface area contributed by atoms with Gasteiger partial charge in [0.05, 0.1) is 12.1 Å². The summed E-state index contributed by atoms with van der Waals surface area (Å²) in [6.45, 7) is 1.17. The van der Waals surface area contributed by atoms with E-state index in [4.69, 9.17) is 21.4 Å². The van der Waals surface area contributed by atoms with Crippen LogP contribution in [-0.2, 0) is 6.54 Å². The number of hydrogen-bond donors (Lipinski definition) is 2. The minimum Gasteiger partial charge on any atom is -0.495 e. The van der Waals surface area contributed by atoms with Crippen LogP contribution in [0.3, 0.4) is 0 Å². The van der Waals surface area contributed by atoms with E-state index in [0.717, 1.165) is 32.2 Å². The van der Waals surface area contributed by atoms with Crippen LogP contribution in [0.1, 0.15) is 31.2 Å². The van der Waals surface area contributed by atoms with Crippen molar-refractivity contribution in [2.24, 2.45) is 5.92 Å². The third-order valence-corrected chi connectivity index (χ3v) is 4.21. The van der Waals surface area contributed by atoms with Crippen molar-refractivity contribution in [3.63, 3.8) is 0 Å². The zero-order chi connectivity index (χ0) is 13.7. The van der Waals surface area contributed by atoms with Gasteiger partial charge in [-0.1, -0.05) is 17.7 Å². The van der Waals surface area contributed by atoms with Crippen LogP contribution >= 0.6 is 11.6 Å². The van der Waals surface area contributed by atoms with E-state index in [1.165, 1.54) is 5.56 Å². The van der Waals surface area contributed by atoms with Gasteiger partial charge in [-0.15, -0.1) is 0 Å². The Labute approximate surface area is 119 Å². The SMILES string of the molecule is COc1ccc(CNC2CCC(CO)CC2)cc1Cl. The van der Waals surface area contributed by atoms with Crippen LogP contribution in [-0.4, -0.2) is 24.9 Å². The molecule has 0 atom stereocenters. The molecule has 0 aliphatic heterocycles. The molecule has 2 N–H and O–H groups in total. The number of rotatable bonds is 5. The van der Waals surface area contributed by atoms with E-state index >= 15 is 0 Å². The lowest BCUT2D eigenvalue weighted by Gasteiger charge is -2.28. The summed E-state index contributed by atoms with van der Waals surface area (Å²) in [6.07, 6.45) is 4.54. The first-order chi connectivity index (χ1) is 9.22. The normalized spacial score (nSPS) is 23.3. The van der Waals surface area contributed by atoms with E-state index in [2.05, 4.69) is 5.32 Å². The second kappa shape index (κ2) is 7.13. The highest BCUT2D eigenvalue weighted by atomic mass is 35.5. The maximum Gasteiger partial charge on any atom is 0.137 e. The first kappa shape index (κ1) is 14.6. The van der Waals surface area contributed by atoms with Gasteiger partial charge in [-0.05, 0) is 49.3 Å². The first-order valence-electron chi connectivity index (χ1n) is 6.89. The molecule has 0 radical (unpaired) electrons. The molecule has 0 heterocycles. The smallest absolute Gasteiger partial charge is 0.137 e. The molecule has 1 fully saturated rings. The number of aliphatic hydroxyl groups is 1. The minimum atomic E-state index is 0.334. The standard InChI is InChI=1S/C15H22ClNO2/c1-19-15-7-4-12(8-14(15)16)9-17-13-5-2-11(10-18)3-6-13/h4,7-8,11,13,17-18H,2-3,5-6,9-10H2,1H3. The van der Waals surface area contributed by atoms with Crippen LogP contribution in [0.15, 0.2) is 18.2 Å². The van der Waals surface area contributed by atoms with E-state index in [1.807, 2.05) is 18.2 Å². The molecule has 19 heavy (non-hydrogen) atoms. The van der Waals surface area contributed by atoms with Crippen LogP contribution in [0, 0.1) is 5.92 Å². The van der Waals surface area contributed by atoms with Gasteiger partial charge < -0.3 is 15.2 Å². The van der Waals surface area contributed by atoms with Gasteiger partial charge in [0.25, 0.3) is 0 Å². The van der Waals surface area contributed by atoms with Gasteiger partial charge in [0.15, 0.2) is 0 Å². The zero-order valence-electron chi connectivity index (χ0n) is 11.4. The van der Waals surface area contributed by atoms with Gasteiger partial charge in [-0.25, -0.2) is 0 Å². The van der Waals surface area contributed by atoms with Crippen molar-refractivity contribution in [1.82, 2.24) is 5.32 Å². The number of methoxy groups -OCH3 is 1. The monoisotopic (exact) mass is 283 g/mol. The third kappa shape index (κ3) is 4.10. The highest BCUT2D eigenvalue weighted by Crippen LogP contribution is 2.26. The lowest BCUT2D eigenvalue weighted by molar-refractivity contribution is 0.175. The molecule has 1 aromatic rings. The Morgan fingerprint density at radius 3 is 2.63 bits per heavy atom. The Kier molecular flexibility index (Phi) is 5.49. The predicted molar refractivity (Wildman–Crippen MR) is 77.7 cm³/mol. The molecule has 4 heteroatoms. The summed E-state index contributed by atoms with van der Waals surface area (Å²) in [7, 11) is 1.62. The van der Waals surface area contributed by atoms with E-state index in [1.54, 1.807) is 7.11 Å². The first-order valence-corrected chi connectivity index (χ1v) is 7.27. The molecule has 3 nitrogen and oxygen atoms in total. The lowest BCUT2D eigenvalue weighted by atomic mass is 9.86. The van der Waals surface area contributed by atoms with Crippen molar-refractivity contribution in [1.29, 1.82) is 0 Å². The summed E-state index contributed by atoms with van der Waals surface area (Å²) < 4.78 is 5.14. The molecular formula is C15H22ClNO2. The Balaban J connectivity index is 1.81. The fourth-order valence-electron chi connectivity index (χ4n) is 2.63. The maximum absolute atomic E-state index is 9.12. The Morgan fingerprint density at radius 1 is 1.32 bits per heavy atom. The summed E-state index contributed by atoms with van der Waals surface area (Å²) >= 11 is 6.11. The summed E-state index contributed by atoms with van der Waals surface area (Å²) in [5, 5.41) is 13.3. The van der Waals surface area contributed by atoms with Crippen LogP contribution in [0.4, 0.5) is 0 Å². The molecule has 0 amide bonds. The van der Waals surface area contributed by atoms with Crippen molar-refractivity contribution in [2.75, 3.05) is 13.7 Å². The Bertz CT molecular complexity index is 403. The van der Waals surface area contributed by atoms with Crippen LogP contribution in [0.25, 0.3) is 0 Å². The fourth-order valence-corrected chi connectivity index (χ4v) is 2.91. The molecule has 2 rings (SSSR count). The van der Waals surface area contributed by atoms with Crippen molar-refractivity contribution in [3.05, 3.63) is 28.8 Å². The Morgan fingerprint density at radius 2 is 2.05 bits per heavy atom. The van der Waals surface area contributed by atoms with Crippen LogP contribution in [0.2, 0.25) is 5.02 Å². The zero-order valence-corrected chi connectivity index (χ0v) is 12.1. The topological polar surface area (TPSA) is 41.5 Å². The molecule has 1 saturated carbocycles. The minimum absolute atomic E-state index is 0.334. The predicted octanol–water partition coefficient (Wildman–Crippen LogP) is 2.99. The van der Waals surface area contributed by atoms with E-state index in [-0.39, 0.29) is 0 Å². The second-order valence-electron chi connectivity index (χ2n) is 5.25. The fraction of sp³-hybridized carbons (Fsp3) is 0.600. The van der Waals surface area contributed by atoms with Crippen LogP contribution < -0.4 is 10.1 Å². The highest BCUT2D eigenvalue weighted by molar-refractivity contribution is 6.32. The van der Waals surface area contributed by atoms with Crippen molar-refractivity contribution in [2.45, 2.75) is 38.3 Å². The molecule has 0 bridgehead atoms. The molecule has 0 unspecified atom stereocenters. The largest absolute Gasteiger partial charge is 0.495 e. The molecular weight excluding hydrogens is 262 g/mol. The van der Waals surface area contributed by atoms with Gasteiger partial charge in [0.1, 0.15) is 5.75 Å². The number of nitrogens with one attached hydrogen (secondary N) is 1. The molecule has 1 aromatic carbocycles. The summed E-state index contributed by atoms with van der Waals surface area (Å²) in [5.74, 6) is 1.22. The van der Waals surface area contributed by atoms with Gasteiger partial charge in [-0.2, -0.15) is 0 Å². The average Bonchev–Trinajstić information content (AvgIpc) is 2.46. The number of ether oxygens (including phenoxy) is 1. The van der Waals surface area contributed by atoms with E-state index < -0.39 is 0 Å². The maximum atomic E-state index is 9.12. The molecule has 1 aliphatic rings. The van der Waals surface area contributed by atoms with Crippen molar-refractivity contribution < 1.29 is 9.84 Å². The summed E-state index contributed by atoms with van der Waals surface area (Å²) in [5.41, 5.74) is 1.18. The molecule has 0 spiro atoms. The second-order valence-corrected chi connectivity index (χ2v) is 5.66.